The predicted octanol–water partition coefficient (Wildman–Crippen LogP) is 3.12. The highest BCUT2D eigenvalue weighted by Gasteiger charge is 2.19. The summed E-state index contributed by atoms with van der Waals surface area (Å²) in [5, 5.41) is 11.2. The maximum absolute atomic E-state index is 10.2. The molecule has 18 heavy (non-hydrogen) atoms. The molecular weight excluding hydrogens is 271 g/mol. The first-order valence-electron chi connectivity index (χ1n) is 5.38. The summed E-state index contributed by atoms with van der Waals surface area (Å²) in [5.74, 6) is 0. The number of nitrogens with two attached hydrogens (primary N) is 1. The van der Waals surface area contributed by atoms with Crippen LogP contribution in [-0.2, 0) is 0 Å². The number of hydrogen-bond donors (Lipinski definition) is 2. The molecule has 2 atom stereocenters. The molecule has 0 fully saturated rings. The molecule has 0 aliphatic heterocycles. The van der Waals surface area contributed by atoms with Gasteiger partial charge in [0.15, 0.2) is 0 Å². The summed E-state index contributed by atoms with van der Waals surface area (Å²) >= 11 is 11.6. The average Bonchev–Trinajstić information content (AvgIpc) is 2.38. The third kappa shape index (κ3) is 3.00. The van der Waals surface area contributed by atoms with E-state index in [4.69, 9.17) is 28.9 Å². The van der Waals surface area contributed by atoms with Crippen LogP contribution in [0.4, 0.5) is 0 Å². The van der Waals surface area contributed by atoms with E-state index in [0.717, 1.165) is 5.56 Å². The van der Waals surface area contributed by atoms with Gasteiger partial charge in [0.25, 0.3) is 0 Å². The Bertz CT molecular complexity index is 531. The van der Waals surface area contributed by atoms with Gasteiger partial charge >= 0.3 is 0 Å². The number of halogens is 2. The minimum absolute atomic E-state index is 0.329. The van der Waals surface area contributed by atoms with Crippen molar-refractivity contribution in [3.05, 3.63) is 63.9 Å². The van der Waals surface area contributed by atoms with E-state index >= 15 is 0 Å². The molecule has 1 heterocycles. The van der Waals surface area contributed by atoms with Crippen LogP contribution in [0.1, 0.15) is 23.3 Å². The zero-order valence-electron chi connectivity index (χ0n) is 9.42. The van der Waals surface area contributed by atoms with Crippen molar-refractivity contribution in [3.63, 3.8) is 0 Å². The number of nitrogens with zero attached hydrogens (tertiary/aromatic N) is 1. The Balaban J connectivity index is 2.23. The van der Waals surface area contributed by atoms with E-state index in [1.54, 1.807) is 36.4 Å². The second-order valence-electron chi connectivity index (χ2n) is 3.93. The van der Waals surface area contributed by atoms with E-state index in [-0.39, 0.29) is 0 Å². The molecule has 3 nitrogen and oxygen atoms in total. The lowest BCUT2D eigenvalue weighted by Crippen LogP contribution is -2.19. The molecule has 1 aromatic carbocycles. The zero-order valence-corrected chi connectivity index (χ0v) is 10.9. The average molecular weight is 283 g/mol. The van der Waals surface area contributed by atoms with Crippen molar-refractivity contribution in [1.82, 2.24) is 4.98 Å². The highest BCUT2D eigenvalue weighted by Crippen LogP contribution is 2.28. The van der Waals surface area contributed by atoms with Crippen molar-refractivity contribution >= 4 is 23.2 Å². The van der Waals surface area contributed by atoms with Gasteiger partial charge in [-0.15, -0.1) is 0 Å². The summed E-state index contributed by atoms with van der Waals surface area (Å²) in [4.78, 5) is 3.86. The SMILES string of the molecule is NC(c1ccc(Cl)cc1)C(O)c1ccnc(Cl)c1. The molecule has 0 spiro atoms. The van der Waals surface area contributed by atoms with Gasteiger partial charge in [0, 0.05) is 11.2 Å². The lowest BCUT2D eigenvalue weighted by Gasteiger charge is -2.19. The molecule has 94 valence electrons. The molecule has 0 amide bonds. The summed E-state index contributed by atoms with van der Waals surface area (Å²) in [5.41, 5.74) is 7.46. The summed E-state index contributed by atoms with van der Waals surface area (Å²) in [6.45, 7) is 0. The smallest absolute Gasteiger partial charge is 0.129 e. The Morgan fingerprint density at radius 2 is 1.72 bits per heavy atom. The minimum atomic E-state index is -0.841. The minimum Gasteiger partial charge on any atom is -0.386 e. The zero-order chi connectivity index (χ0) is 13.1. The quantitative estimate of drug-likeness (QED) is 0.851. The van der Waals surface area contributed by atoms with Crippen LogP contribution in [0, 0.1) is 0 Å². The molecule has 2 aromatic rings. The van der Waals surface area contributed by atoms with Crippen LogP contribution >= 0.6 is 23.2 Å². The van der Waals surface area contributed by atoms with Crippen LogP contribution in [0.25, 0.3) is 0 Å². The second kappa shape index (κ2) is 5.67. The number of aliphatic hydroxyl groups is 1. The lowest BCUT2D eigenvalue weighted by molar-refractivity contribution is 0.147. The van der Waals surface area contributed by atoms with Crippen molar-refractivity contribution < 1.29 is 5.11 Å². The molecule has 2 rings (SSSR count). The van der Waals surface area contributed by atoms with Gasteiger partial charge in [0.1, 0.15) is 5.15 Å². The Kier molecular flexibility index (Phi) is 4.19. The first-order valence-corrected chi connectivity index (χ1v) is 6.14. The number of aromatic nitrogens is 1. The number of hydrogen-bond acceptors (Lipinski definition) is 3. The Morgan fingerprint density at radius 3 is 2.33 bits per heavy atom. The van der Waals surface area contributed by atoms with Crippen molar-refractivity contribution in [2.75, 3.05) is 0 Å². The maximum Gasteiger partial charge on any atom is 0.129 e. The Hall–Kier alpha value is -1.13. The second-order valence-corrected chi connectivity index (χ2v) is 4.76. The third-order valence-electron chi connectivity index (χ3n) is 2.69. The van der Waals surface area contributed by atoms with Gasteiger partial charge in [-0.2, -0.15) is 0 Å². The molecular formula is C13H12Cl2N2O. The maximum atomic E-state index is 10.2. The molecule has 0 bridgehead atoms. The largest absolute Gasteiger partial charge is 0.386 e. The van der Waals surface area contributed by atoms with Gasteiger partial charge in [-0.1, -0.05) is 35.3 Å². The fourth-order valence-corrected chi connectivity index (χ4v) is 1.98. The van der Waals surface area contributed by atoms with Gasteiger partial charge < -0.3 is 10.8 Å². The van der Waals surface area contributed by atoms with Gasteiger partial charge in [-0.3, -0.25) is 0 Å². The fraction of sp³-hybridized carbons (Fsp3) is 0.154. The van der Waals surface area contributed by atoms with E-state index in [1.165, 1.54) is 6.20 Å². The van der Waals surface area contributed by atoms with Gasteiger partial charge in [-0.25, -0.2) is 4.98 Å². The number of pyridine rings is 1. The first kappa shape index (κ1) is 13.3. The van der Waals surface area contributed by atoms with Crippen LogP contribution < -0.4 is 5.73 Å². The number of rotatable bonds is 3. The molecule has 0 saturated heterocycles. The van der Waals surface area contributed by atoms with Crippen molar-refractivity contribution in [2.45, 2.75) is 12.1 Å². The Labute approximate surface area is 115 Å². The van der Waals surface area contributed by atoms with Gasteiger partial charge in [0.2, 0.25) is 0 Å². The predicted molar refractivity (Wildman–Crippen MR) is 72.6 cm³/mol. The standard InChI is InChI=1S/C13H12Cl2N2O/c14-10-3-1-8(2-4-10)12(16)13(18)9-5-6-17-11(15)7-9/h1-7,12-13,18H,16H2. The van der Waals surface area contributed by atoms with Crippen molar-refractivity contribution in [1.29, 1.82) is 0 Å². The van der Waals surface area contributed by atoms with Gasteiger partial charge in [0.05, 0.1) is 12.1 Å². The number of benzene rings is 1. The molecule has 3 N–H and O–H groups in total. The van der Waals surface area contributed by atoms with E-state index in [1.807, 2.05) is 0 Å². The van der Waals surface area contributed by atoms with E-state index in [0.29, 0.717) is 15.7 Å². The third-order valence-corrected chi connectivity index (χ3v) is 3.15. The summed E-state index contributed by atoms with van der Waals surface area (Å²) in [6, 6.07) is 9.80. The first-order chi connectivity index (χ1) is 8.58. The van der Waals surface area contributed by atoms with Gasteiger partial charge in [-0.05, 0) is 35.4 Å². The van der Waals surface area contributed by atoms with Crippen molar-refractivity contribution in [2.24, 2.45) is 5.73 Å². The van der Waals surface area contributed by atoms with Crippen molar-refractivity contribution in [3.8, 4) is 0 Å². The molecule has 0 radical (unpaired) electrons. The molecule has 0 saturated carbocycles. The fourth-order valence-electron chi connectivity index (χ4n) is 1.68. The van der Waals surface area contributed by atoms with Crippen LogP contribution in [0.2, 0.25) is 10.2 Å². The van der Waals surface area contributed by atoms with Crippen LogP contribution in [0.15, 0.2) is 42.6 Å². The number of aliphatic hydroxyl groups excluding tert-OH is 1. The topological polar surface area (TPSA) is 59.1 Å². The monoisotopic (exact) mass is 282 g/mol. The normalized spacial score (nSPS) is 14.2. The molecule has 0 aliphatic rings. The summed E-state index contributed by atoms with van der Waals surface area (Å²) in [7, 11) is 0. The molecule has 2 unspecified atom stereocenters. The molecule has 0 aliphatic carbocycles. The lowest BCUT2D eigenvalue weighted by atomic mass is 9.97. The van der Waals surface area contributed by atoms with E-state index in [9.17, 15) is 5.11 Å². The van der Waals surface area contributed by atoms with E-state index < -0.39 is 12.1 Å². The highest BCUT2D eigenvalue weighted by atomic mass is 35.5. The summed E-state index contributed by atoms with van der Waals surface area (Å²) in [6.07, 6.45) is 0.696. The van der Waals surface area contributed by atoms with Crippen LogP contribution in [0.3, 0.4) is 0 Å². The highest BCUT2D eigenvalue weighted by molar-refractivity contribution is 6.30. The molecule has 5 heteroatoms. The van der Waals surface area contributed by atoms with E-state index in [2.05, 4.69) is 4.98 Å². The molecule has 1 aromatic heterocycles. The summed E-state index contributed by atoms with van der Waals surface area (Å²) < 4.78 is 0. The Morgan fingerprint density at radius 1 is 1.06 bits per heavy atom. The van der Waals surface area contributed by atoms with Crippen LogP contribution in [0.5, 0.6) is 0 Å². The van der Waals surface area contributed by atoms with Crippen LogP contribution in [-0.4, -0.2) is 10.1 Å².